The van der Waals surface area contributed by atoms with E-state index in [0.717, 1.165) is 12.0 Å². The van der Waals surface area contributed by atoms with Gasteiger partial charge in [0, 0.05) is 26.1 Å². The fraction of sp³-hybridized carbons (Fsp3) is 0.350. The van der Waals surface area contributed by atoms with E-state index < -0.39 is 10.0 Å². The molecule has 0 bridgehead atoms. The highest BCUT2D eigenvalue weighted by Gasteiger charge is 2.29. The van der Waals surface area contributed by atoms with Crippen LogP contribution in [-0.2, 0) is 27.0 Å². The molecular weight excluding hydrogens is 348 g/mol. The molecular formula is C20H24N2O3S. The summed E-state index contributed by atoms with van der Waals surface area (Å²) in [7, 11) is -3.39. The smallest absolute Gasteiger partial charge is 0.222 e. The molecule has 0 aliphatic carbocycles. The second-order valence-electron chi connectivity index (χ2n) is 6.74. The monoisotopic (exact) mass is 372 g/mol. The van der Waals surface area contributed by atoms with Crippen LogP contribution in [0.4, 0.5) is 0 Å². The summed E-state index contributed by atoms with van der Waals surface area (Å²) in [6.45, 7) is 1.60. The summed E-state index contributed by atoms with van der Waals surface area (Å²) in [5.41, 5.74) is 1.96. The van der Waals surface area contributed by atoms with E-state index in [2.05, 4.69) is 16.9 Å². The molecule has 3 rings (SSSR count). The SMILES string of the molecule is O=C1CC(CNS(=O)(=O)Cc2ccccc2)CN1CCc1ccccc1. The van der Waals surface area contributed by atoms with Crippen LogP contribution in [-0.4, -0.2) is 38.9 Å². The van der Waals surface area contributed by atoms with Gasteiger partial charge in [0.1, 0.15) is 0 Å². The predicted molar refractivity (Wildman–Crippen MR) is 102 cm³/mol. The maximum atomic E-state index is 12.2. The zero-order chi connectivity index (χ0) is 18.4. The van der Waals surface area contributed by atoms with Gasteiger partial charge >= 0.3 is 0 Å². The quantitative estimate of drug-likeness (QED) is 0.772. The third-order valence-corrected chi connectivity index (χ3v) is 5.92. The number of sulfonamides is 1. The first kappa shape index (κ1) is 18.6. The van der Waals surface area contributed by atoms with E-state index in [0.29, 0.717) is 26.1 Å². The standard InChI is InChI=1S/C20H24N2O3S/c23-20-13-19(15-22(20)12-11-17-7-3-1-4-8-17)14-21-26(24,25)16-18-9-5-2-6-10-18/h1-10,19,21H,11-16H2. The number of carbonyl (C=O) groups excluding carboxylic acids is 1. The zero-order valence-electron chi connectivity index (χ0n) is 14.7. The molecule has 5 nitrogen and oxygen atoms in total. The molecule has 0 saturated carbocycles. The molecule has 1 saturated heterocycles. The van der Waals surface area contributed by atoms with Crippen LogP contribution in [0.3, 0.4) is 0 Å². The van der Waals surface area contributed by atoms with Crippen molar-refractivity contribution in [2.24, 2.45) is 5.92 Å². The first-order valence-corrected chi connectivity index (χ1v) is 10.5. The van der Waals surface area contributed by atoms with E-state index >= 15 is 0 Å². The molecule has 1 unspecified atom stereocenters. The molecule has 1 fully saturated rings. The third-order valence-electron chi connectivity index (χ3n) is 4.60. The molecule has 1 N–H and O–H groups in total. The lowest BCUT2D eigenvalue weighted by molar-refractivity contribution is -0.127. The van der Waals surface area contributed by atoms with Crippen molar-refractivity contribution in [3.8, 4) is 0 Å². The molecule has 0 aromatic heterocycles. The second kappa shape index (κ2) is 8.47. The molecule has 2 aromatic carbocycles. The number of rotatable bonds is 8. The maximum absolute atomic E-state index is 12.2. The number of nitrogens with zero attached hydrogens (tertiary/aromatic N) is 1. The van der Waals surface area contributed by atoms with E-state index in [1.807, 2.05) is 41.3 Å². The van der Waals surface area contributed by atoms with Crippen LogP contribution in [0.1, 0.15) is 17.5 Å². The summed E-state index contributed by atoms with van der Waals surface area (Å²) in [5.74, 6) is 0.101. The van der Waals surface area contributed by atoms with E-state index in [4.69, 9.17) is 0 Å². The Kier molecular flexibility index (Phi) is 6.06. The van der Waals surface area contributed by atoms with Crippen molar-refractivity contribution in [1.82, 2.24) is 9.62 Å². The van der Waals surface area contributed by atoms with Crippen molar-refractivity contribution in [2.75, 3.05) is 19.6 Å². The number of hydrogen-bond acceptors (Lipinski definition) is 3. The van der Waals surface area contributed by atoms with Crippen LogP contribution in [0.5, 0.6) is 0 Å². The molecule has 1 atom stereocenters. The minimum Gasteiger partial charge on any atom is -0.342 e. The lowest BCUT2D eigenvalue weighted by Crippen LogP contribution is -2.32. The summed E-state index contributed by atoms with van der Waals surface area (Å²) in [5, 5.41) is 0. The van der Waals surface area contributed by atoms with E-state index in [1.165, 1.54) is 5.56 Å². The average Bonchev–Trinajstić information content (AvgIpc) is 3.00. The highest BCUT2D eigenvalue weighted by Crippen LogP contribution is 2.18. The van der Waals surface area contributed by atoms with Crippen LogP contribution in [0.15, 0.2) is 60.7 Å². The summed E-state index contributed by atoms with van der Waals surface area (Å²) >= 11 is 0. The summed E-state index contributed by atoms with van der Waals surface area (Å²) in [4.78, 5) is 14.0. The van der Waals surface area contributed by atoms with Crippen molar-refractivity contribution in [2.45, 2.75) is 18.6 Å². The topological polar surface area (TPSA) is 66.5 Å². The zero-order valence-corrected chi connectivity index (χ0v) is 15.5. The van der Waals surface area contributed by atoms with Crippen molar-refractivity contribution in [3.63, 3.8) is 0 Å². The van der Waals surface area contributed by atoms with Gasteiger partial charge in [-0.3, -0.25) is 4.79 Å². The summed E-state index contributed by atoms with van der Waals surface area (Å²) in [6.07, 6.45) is 1.22. The summed E-state index contributed by atoms with van der Waals surface area (Å²) in [6, 6.07) is 19.2. The number of amides is 1. The van der Waals surface area contributed by atoms with Gasteiger partial charge in [0.15, 0.2) is 0 Å². The Bertz CT molecular complexity index is 823. The van der Waals surface area contributed by atoms with Gasteiger partial charge in [-0.1, -0.05) is 60.7 Å². The molecule has 0 radical (unpaired) electrons. The number of likely N-dealkylation sites (tertiary alicyclic amines) is 1. The lowest BCUT2D eigenvalue weighted by atomic mass is 10.1. The molecule has 1 amide bonds. The van der Waals surface area contributed by atoms with Crippen molar-refractivity contribution >= 4 is 15.9 Å². The van der Waals surface area contributed by atoms with Gasteiger partial charge in [-0.25, -0.2) is 13.1 Å². The Balaban J connectivity index is 1.46. The molecule has 1 aliphatic heterocycles. The van der Waals surface area contributed by atoms with E-state index in [1.54, 1.807) is 12.1 Å². The average molecular weight is 372 g/mol. The van der Waals surface area contributed by atoms with E-state index in [9.17, 15) is 13.2 Å². The van der Waals surface area contributed by atoms with Gasteiger partial charge < -0.3 is 4.90 Å². The van der Waals surface area contributed by atoms with Crippen molar-refractivity contribution in [1.29, 1.82) is 0 Å². The minimum atomic E-state index is -3.39. The molecule has 2 aromatic rings. The molecule has 1 aliphatic rings. The maximum Gasteiger partial charge on any atom is 0.222 e. The Labute approximate surface area is 155 Å². The van der Waals surface area contributed by atoms with Crippen LogP contribution in [0.2, 0.25) is 0 Å². The van der Waals surface area contributed by atoms with Gasteiger partial charge in [-0.2, -0.15) is 0 Å². The van der Waals surface area contributed by atoms with E-state index in [-0.39, 0.29) is 17.6 Å². The normalized spacial score (nSPS) is 17.6. The Morgan fingerprint density at radius 2 is 1.58 bits per heavy atom. The molecule has 1 heterocycles. The van der Waals surface area contributed by atoms with Crippen LogP contribution in [0.25, 0.3) is 0 Å². The largest absolute Gasteiger partial charge is 0.342 e. The molecule has 26 heavy (non-hydrogen) atoms. The molecule has 6 heteroatoms. The van der Waals surface area contributed by atoms with Crippen LogP contribution < -0.4 is 4.72 Å². The van der Waals surface area contributed by atoms with Gasteiger partial charge in [0.25, 0.3) is 0 Å². The fourth-order valence-electron chi connectivity index (χ4n) is 3.21. The van der Waals surface area contributed by atoms with Gasteiger partial charge in [0.2, 0.25) is 15.9 Å². The first-order valence-electron chi connectivity index (χ1n) is 8.85. The Morgan fingerprint density at radius 1 is 0.962 bits per heavy atom. The number of nitrogens with one attached hydrogen (secondary N) is 1. The van der Waals surface area contributed by atoms with Gasteiger partial charge in [0.05, 0.1) is 5.75 Å². The second-order valence-corrected chi connectivity index (χ2v) is 8.55. The highest BCUT2D eigenvalue weighted by atomic mass is 32.2. The fourth-order valence-corrected chi connectivity index (χ4v) is 4.43. The molecule has 0 spiro atoms. The number of hydrogen-bond donors (Lipinski definition) is 1. The predicted octanol–water partition coefficient (Wildman–Crippen LogP) is 2.20. The van der Waals surface area contributed by atoms with Crippen molar-refractivity contribution < 1.29 is 13.2 Å². The third kappa shape index (κ3) is 5.41. The van der Waals surface area contributed by atoms with Crippen molar-refractivity contribution in [3.05, 3.63) is 71.8 Å². The number of carbonyl (C=O) groups is 1. The minimum absolute atomic E-state index is 0.0313. The van der Waals surface area contributed by atoms with Gasteiger partial charge in [-0.05, 0) is 23.5 Å². The van der Waals surface area contributed by atoms with Gasteiger partial charge in [-0.15, -0.1) is 0 Å². The van der Waals surface area contributed by atoms with Crippen LogP contribution >= 0.6 is 0 Å². The lowest BCUT2D eigenvalue weighted by Gasteiger charge is -2.17. The highest BCUT2D eigenvalue weighted by molar-refractivity contribution is 7.88. The molecule has 138 valence electrons. The Hall–Kier alpha value is -2.18. The van der Waals surface area contributed by atoms with Crippen LogP contribution in [0, 0.1) is 5.92 Å². The number of benzene rings is 2. The Morgan fingerprint density at radius 3 is 2.23 bits per heavy atom. The summed E-state index contributed by atoms with van der Waals surface area (Å²) < 4.78 is 27.1. The first-order chi connectivity index (χ1) is 12.5.